The highest BCUT2D eigenvalue weighted by Gasteiger charge is 2.05. The van der Waals surface area contributed by atoms with Crippen molar-refractivity contribution in [1.82, 2.24) is 4.90 Å². The van der Waals surface area contributed by atoms with Crippen LogP contribution in [0.25, 0.3) is 0 Å². The van der Waals surface area contributed by atoms with Crippen molar-refractivity contribution in [3.05, 3.63) is 23.9 Å². The van der Waals surface area contributed by atoms with E-state index in [1.807, 2.05) is 14.1 Å². The lowest BCUT2D eigenvalue weighted by Crippen LogP contribution is -2.03. The summed E-state index contributed by atoms with van der Waals surface area (Å²) in [6.07, 6.45) is 4.74. The van der Waals surface area contributed by atoms with Gasteiger partial charge in [0.25, 0.3) is 0 Å². The molecule has 0 saturated heterocycles. The van der Waals surface area contributed by atoms with Gasteiger partial charge in [0.1, 0.15) is 11.6 Å². The van der Waals surface area contributed by atoms with Gasteiger partial charge in [-0.1, -0.05) is 0 Å². The molecule has 0 fully saturated rings. The van der Waals surface area contributed by atoms with Gasteiger partial charge in [-0.3, -0.25) is 0 Å². The third-order valence-corrected chi connectivity index (χ3v) is 1.17. The van der Waals surface area contributed by atoms with Crippen LogP contribution in [0.1, 0.15) is 0 Å². The summed E-state index contributed by atoms with van der Waals surface area (Å²) < 4.78 is 4.38. The normalized spacial score (nSPS) is 11.1. The van der Waals surface area contributed by atoms with Crippen molar-refractivity contribution in [1.29, 1.82) is 5.26 Å². The summed E-state index contributed by atoms with van der Waals surface area (Å²) in [6, 6.07) is 1.74. The van der Waals surface area contributed by atoms with E-state index in [9.17, 15) is 4.79 Å². The van der Waals surface area contributed by atoms with E-state index in [4.69, 9.17) is 5.26 Å². The Morgan fingerprint density at radius 2 is 2.15 bits per heavy atom. The molecule has 0 atom stereocenters. The number of hydrogen-bond acceptors (Lipinski definition) is 4. The molecule has 0 bridgehead atoms. The Kier molecular flexibility index (Phi) is 5.05. The first-order chi connectivity index (χ1) is 6.11. The highest BCUT2D eigenvalue weighted by Crippen LogP contribution is 1.95. The van der Waals surface area contributed by atoms with Crippen LogP contribution in [0.3, 0.4) is 0 Å². The summed E-state index contributed by atoms with van der Waals surface area (Å²) in [4.78, 5) is 12.7. The Labute approximate surface area is 77.7 Å². The van der Waals surface area contributed by atoms with Gasteiger partial charge in [0.2, 0.25) is 0 Å². The zero-order valence-corrected chi connectivity index (χ0v) is 7.94. The molecule has 0 N–H and O–H groups in total. The second-order valence-electron chi connectivity index (χ2n) is 2.49. The smallest absolute Gasteiger partial charge is 0.348 e. The van der Waals surface area contributed by atoms with Crippen LogP contribution in [-0.2, 0) is 9.53 Å². The predicted molar refractivity (Wildman–Crippen MR) is 48.5 cm³/mol. The van der Waals surface area contributed by atoms with Crippen LogP contribution in [-0.4, -0.2) is 32.1 Å². The number of esters is 1. The maximum absolute atomic E-state index is 10.9. The Hall–Kier alpha value is -1.76. The summed E-state index contributed by atoms with van der Waals surface area (Å²) in [6.45, 7) is 0. The van der Waals surface area contributed by atoms with E-state index < -0.39 is 5.97 Å². The van der Waals surface area contributed by atoms with Gasteiger partial charge in [-0.15, -0.1) is 0 Å². The second-order valence-corrected chi connectivity index (χ2v) is 2.49. The van der Waals surface area contributed by atoms with Gasteiger partial charge in [0, 0.05) is 14.1 Å². The minimum Gasteiger partial charge on any atom is -0.465 e. The minimum absolute atomic E-state index is 0.0133. The number of methoxy groups -OCH3 is 1. The number of rotatable bonds is 3. The Bertz CT molecular complexity index is 272. The average molecular weight is 180 g/mol. The number of nitrogens with zero attached hydrogens (tertiary/aromatic N) is 2. The number of allylic oxidation sites excluding steroid dienone is 2. The number of carbonyl (C=O) groups is 1. The fourth-order valence-corrected chi connectivity index (χ4v) is 0.572. The van der Waals surface area contributed by atoms with Gasteiger partial charge in [0.05, 0.1) is 7.11 Å². The summed E-state index contributed by atoms with van der Waals surface area (Å²) in [7, 11) is 4.92. The van der Waals surface area contributed by atoms with Crippen LogP contribution in [0, 0.1) is 11.3 Å². The fourth-order valence-electron chi connectivity index (χ4n) is 0.572. The van der Waals surface area contributed by atoms with Crippen LogP contribution < -0.4 is 0 Å². The highest BCUT2D eigenvalue weighted by molar-refractivity contribution is 5.92. The van der Waals surface area contributed by atoms with E-state index in [-0.39, 0.29) is 5.57 Å². The molecule has 0 heterocycles. The first kappa shape index (κ1) is 11.2. The first-order valence-corrected chi connectivity index (χ1v) is 3.65. The van der Waals surface area contributed by atoms with Crippen LogP contribution in [0.2, 0.25) is 0 Å². The molecule has 0 amide bonds. The molecule has 0 unspecified atom stereocenters. The zero-order valence-electron chi connectivity index (χ0n) is 7.94. The summed E-state index contributed by atoms with van der Waals surface area (Å²) in [5.41, 5.74) is -0.0133. The van der Waals surface area contributed by atoms with E-state index in [1.165, 1.54) is 13.2 Å². The van der Waals surface area contributed by atoms with Gasteiger partial charge in [-0.25, -0.2) is 4.79 Å². The van der Waals surface area contributed by atoms with E-state index >= 15 is 0 Å². The van der Waals surface area contributed by atoms with Crippen molar-refractivity contribution >= 4 is 5.97 Å². The van der Waals surface area contributed by atoms with Crippen molar-refractivity contribution < 1.29 is 9.53 Å². The van der Waals surface area contributed by atoms with Crippen molar-refractivity contribution in [3.8, 4) is 6.07 Å². The van der Waals surface area contributed by atoms with Gasteiger partial charge >= 0.3 is 5.97 Å². The molecular weight excluding hydrogens is 168 g/mol. The first-order valence-electron chi connectivity index (χ1n) is 3.65. The monoisotopic (exact) mass is 180 g/mol. The van der Waals surface area contributed by atoms with Crippen molar-refractivity contribution in [3.63, 3.8) is 0 Å². The van der Waals surface area contributed by atoms with Crippen molar-refractivity contribution in [2.75, 3.05) is 21.2 Å². The van der Waals surface area contributed by atoms with Gasteiger partial charge in [-0.05, 0) is 18.4 Å². The summed E-state index contributed by atoms with van der Waals surface area (Å²) in [5, 5.41) is 8.53. The molecule has 0 radical (unpaired) electrons. The van der Waals surface area contributed by atoms with Crippen molar-refractivity contribution in [2.24, 2.45) is 0 Å². The van der Waals surface area contributed by atoms with Gasteiger partial charge in [-0.2, -0.15) is 5.26 Å². The molecule has 0 saturated carbocycles. The number of carbonyl (C=O) groups excluding carboxylic acids is 1. The molecule has 0 aliphatic rings. The van der Waals surface area contributed by atoms with Gasteiger partial charge < -0.3 is 9.64 Å². The fraction of sp³-hybridized carbons (Fsp3) is 0.333. The molecule has 0 aromatic carbocycles. The maximum atomic E-state index is 10.9. The van der Waals surface area contributed by atoms with E-state index in [0.29, 0.717) is 0 Å². The zero-order chi connectivity index (χ0) is 10.3. The SMILES string of the molecule is COC(=O)/C(C#N)=C/C=C/N(C)C. The quantitative estimate of drug-likeness (QED) is 0.277. The number of nitriles is 1. The molecule has 4 heteroatoms. The third-order valence-electron chi connectivity index (χ3n) is 1.17. The third kappa shape index (κ3) is 4.64. The molecule has 0 rings (SSSR count). The van der Waals surface area contributed by atoms with Crippen LogP contribution in [0.5, 0.6) is 0 Å². The average Bonchev–Trinajstić information content (AvgIpc) is 2.11. The molecular formula is C9H12N2O2. The lowest BCUT2D eigenvalue weighted by Gasteiger charge is -2.01. The van der Waals surface area contributed by atoms with Crippen LogP contribution >= 0.6 is 0 Å². The molecule has 4 nitrogen and oxygen atoms in total. The second kappa shape index (κ2) is 5.84. The van der Waals surface area contributed by atoms with E-state index in [1.54, 1.807) is 23.2 Å². The van der Waals surface area contributed by atoms with E-state index in [0.717, 1.165) is 0 Å². The molecule has 0 aromatic rings. The maximum Gasteiger partial charge on any atom is 0.348 e. The summed E-state index contributed by atoms with van der Waals surface area (Å²) >= 11 is 0. The standard InChI is InChI=1S/C9H12N2O2/c1-11(2)6-4-5-8(7-10)9(12)13-3/h4-6H,1-3H3/b6-4+,8-5+. The number of hydrogen-bond donors (Lipinski definition) is 0. The molecule has 0 aliphatic heterocycles. The Balaban J connectivity index is 4.43. The Morgan fingerprint density at radius 3 is 2.54 bits per heavy atom. The minimum atomic E-state index is -0.620. The van der Waals surface area contributed by atoms with Crippen LogP contribution in [0.15, 0.2) is 23.9 Å². The highest BCUT2D eigenvalue weighted by atomic mass is 16.5. The largest absolute Gasteiger partial charge is 0.465 e. The molecule has 13 heavy (non-hydrogen) atoms. The molecule has 0 spiro atoms. The molecule has 70 valence electrons. The predicted octanol–water partition coefficient (Wildman–Crippen LogP) is 0.685. The lowest BCUT2D eigenvalue weighted by atomic mass is 10.3. The number of ether oxygens (including phenoxy) is 1. The molecule has 0 aliphatic carbocycles. The molecule has 0 aromatic heterocycles. The van der Waals surface area contributed by atoms with Gasteiger partial charge in [0.15, 0.2) is 0 Å². The summed E-state index contributed by atoms with van der Waals surface area (Å²) in [5.74, 6) is -0.620. The van der Waals surface area contributed by atoms with E-state index in [2.05, 4.69) is 4.74 Å². The van der Waals surface area contributed by atoms with Crippen molar-refractivity contribution in [2.45, 2.75) is 0 Å². The Morgan fingerprint density at radius 1 is 1.54 bits per heavy atom. The topological polar surface area (TPSA) is 53.3 Å². The lowest BCUT2D eigenvalue weighted by molar-refractivity contribution is -0.135. The van der Waals surface area contributed by atoms with Crippen LogP contribution in [0.4, 0.5) is 0 Å².